The summed E-state index contributed by atoms with van der Waals surface area (Å²) in [5.41, 5.74) is 12.3. The van der Waals surface area contributed by atoms with Crippen LogP contribution in [0.1, 0.15) is 18.1 Å². The van der Waals surface area contributed by atoms with Gasteiger partial charge in [0.15, 0.2) is 0 Å². The number of hydrogen-bond acceptors (Lipinski definition) is 2. The Balaban J connectivity index is 2.18. The second-order valence-corrected chi connectivity index (χ2v) is 4.83. The van der Waals surface area contributed by atoms with Gasteiger partial charge in [0.2, 0.25) is 0 Å². The Bertz CT molecular complexity index is 741. The molecule has 0 bridgehead atoms. The molecule has 1 aromatic heterocycles. The minimum absolute atomic E-state index is 0.789. The van der Waals surface area contributed by atoms with Crippen LogP contribution in [0, 0.1) is 6.92 Å². The van der Waals surface area contributed by atoms with Gasteiger partial charge in [0.25, 0.3) is 0 Å². The molecule has 3 nitrogen and oxygen atoms in total. The largest absolute Gasteiger partial charge is 0.398 e. The van der Waals surface area contributed by atoms with Gasteiger partial charge >= 0.3 is 0 Å². The van der Waals surface area contributed by atoms with Gasteiger partial charge < -0.3 is 10.7 Å². The van der Waals surface area contributed by atoms with Crippen molar-refractivity contribution in [1.29, 1.82) is 0 Å². The van der Waals surface area contributed by atoms with Crippen LogP contribution in [0.2, 0.25) is 0 Å². The predicted octanol–water partition coefficient (Wildman–Crippen LogP) is 3.68. The zero-order valence-electron chi connectivity index (χ0n) is 11.2. The molecule has 3 heteroatoms. The molecule has 0 atom stereocenters. The summed E-state index contributed by atoms with van der Waals surface area (Å²) in [5.74, 6) is 0.837. The molecule has 3 aromatic rings. The molecule has 0 unspecified atom stereocenters. The summed E-state index contributed by atoms with van der Waals surface area (Å²) in [7, 11) is 0. The van der Waals surface area contributed by atoms with E-state index in [2.05, 4.69) is 35.1 Å². The number of anilines is 1. The Morgan fingerprint density at radius 2 is 2.05 bits per heavy atom. The lowest BCUT2D eigenvalue weighted by atomic mass is 10.1. The third-order valence-electron chi connectivity index (χ3n) is 3.53. The number of nitrogens with one attached hydrogen (secondary N) is 1. The van der Waals surface area contributed by atoms with Crippen LogP contribution in [0.25, 0.3) is 22.4 Å². The number of nitrogens with zero attached hydrogens (tertiary/aromatic N) is 1. The number of nitrogen functional groups attached to an aromatic ring is 1. The lowest BCUT2D eigenvalue weighted by molar-refractivity contribution is 1.14. The van der Waals surface area contributed by atoms with Gasteiger partial charge in [-0.25, -0.2) is 4.98 Å². The van der Waals surface area contributed by atoms with E-state index in [0.29, 0.717) is 0 Å². The molecule has 3 rings (SSSR count). The molecule has 0 aliphatic rings. The van der Waals surface area contributed by atoms with E-state index in [1.54, 1.807) is 0 Å². The molecular weight excluding hydrogens is 234 g/mol. The number of aryl methyl sites for hydroxylation is 2. The summed E-state index contributed by atoms with van der Waals surface area (Å²) in [5, 5.41) is 0. The van der Waals surface area contributed by atoms with Crippen molar-refractivity contribution in [3.63, 3.8) is 0 Å². The SMILES string of the molecule is CCc1ccc2nc(-c3cccc(C)c3N)[nH]c2c1. The highest BCUT2D eigenvalue weighted by molar-refractivity contribution is 5.83. The van der Waals surface area contributed by atoms with E-state index in [1.807, 2.05) is 25.1 Å². The van der Waals surface area contributed by atoms with Crippen LogP contribution < -0.4 is 5.73 Å². The van der Waals surface area contributed by atoms with Crippen LogP contribution in [0.15, 0.2) is 36.4 Å². The van der Waals surface area contributed by atoms with Crippen molar-refractivity contribution < 1.29 is 0 Å². The van der Waals surface area contributed by atoms with E-state index >= 15 is 0 Å². The Morgan fingerprint density at radius 3 is 2.84 bits per heavy atom. The standard InChI is InChI=1S/C16H17N3/c1-3-11-7-8-13-14(9-11)19-16(18-13)12-6-4-5-10(2)15(12)17/h4-9H,3,17H2,1-2H3,(H,18,19). The van der Waals surface area contributed by atoms with Crippen molar-refractivity contribution >= 4 is 16.7 Å². The van der Waals surface area contributed by atoms with Crippen LogP contribution >= 0.6 is 0 Å². The van der Waals surface area contributed by atoms with Crippen LogP contribution in [0.5, 0.6) is 0 Å². The van der Waals surface area contributed by atoms with Gasteiger partial charge in [0.05, 0.1) is 11.0 Å². The number of rotatable bonds is 2. The van der Waals surface area contributed by atoms with Crippen LogP contribution in [0.4, 0.5) is 5.69 Å². The van der Waals surface area contributed by atoms with Crippen molar-refractivity contribution in [2.75, 3.05) is 5.73 Å². The van der Waals surface area contributed by atoms with E-state index in [9.17, 15) is 0 Å². The maximum absolute atomic E-state index is 6.13. The fraction of sp³-hybridized carbons (Fsp3) is 0.188. The third-order valence-corrected chi connectivity index (χ3v) is 3.53. The monoisotopic (exact) mass is 251 g/mol. The maximum atomic E-state index is 6.13. The molecule has 0 saturated carbocycles. The average molecular weight is 251 g/mol. The summed E-state index contributed by atoms with van der Waals surface area (Å²) < 4.78 is 0. The van der Waals surface area contributed by atoms with Crippen LogP contribution in [-0.4, -0.2) is 9.97 Å². The highest BCUT2D eigenvalue weighted by Crippen LogP contribution is 2.28. The molecule has 1 heterocycles. The number of nitrogens with two attached hydrogens (primary N) is 1. The molecule has 0 aliphatic carbocycles. The molecular formula is C16H17N3. The fourth-order valence-corrected chi connectivity index (χ4v) is 2.29. The minimum Gasteiger partial charge on any atom is -0.398 e. The smallest absolute Gasteiger partial charge is 0.140 e. The van der Waals surface area contributed by atoms with Gasteiger partial charge in [-0.1, -0.05) is 25.1 Å². The second-order valence-electron chi connectivity index (χ2n) is 4.83. The van der Waals surface area contributed by atoms with Gasteiger partial charge in [-0.05, 0) is 42.7 Å². The van der Waals surface area contributed by atoms with Crippen molar-refractivity contribution in [2.24, 2.45) is 0 Å². The maximum Gasteiger partial charge on any atom is 0.140 e. The first-order valence-corrected chi connectivity index (χ1v) is 6.53. The average Bonchev–Trinajstić information content (AvgIpc) is 2.84. The van der Waals surface area contributed by atoms with Gasteiger partial charge in [-0.2, -0.15) is 0 Å². The lowest BCUT2D eigenvalue weighted by Crippen LogP contribution is -1.94. The van der Waals surface area contributed by atoms with Gasteiger partial charge in [0, 0.05) is 11.3 Å². The van der Waals surface area contributed by atoms with Crippen molar-refractivity contribution in [3.8, 4) is 11.4 Å². The Hall–Kier alpha value is -2.29. The molecule has 0 fully saturated rings. The first-order valence-electron chi connectivity index (χ1n) is 6.53. The number of para-hydroxylation sites is 1. The summed E-state index contributed by atoms with van der Waals surface area (Å²) >= 11 is 0. The number of imidazole rings is 1. The molecule has 0 radical (unpaired) electrons. The molecule has 0 spiro atoms. The van der Waals surface area contributed by atoms with E-state index in [-0.39, 0.29) is 0 Å². The topological polar surface area (TPSA) is 54.7 Å². The fourth-order valence-electron chi connectivity index (χ4n) is 2.29. The van der Waals surface area contributed by atoms with Crippen molar-refractivity contribution in [1.82, 2.24) is 9.97 Å². The molecule has 0 amide bonds. The van der Waals surface area contributed by atoms with Crippen molar-refractivity contribution in [2.45, 2.75) is 20.3 Å². The van der Waals surface area contributed by atoms with Gasteiger partial charge in [-0.3, -0.25) is 0 Å². The highest BCUT2D eigenvalue weighted by Gasteiger charge is 2.09. The predicted molar refractivity (Wildman–Crippen MR) is 80.1 cm³/mol. The summed E-state index contributed by atoms with van der Waals surface area (Å²) in [6.45, 7) is 4.16. The molecule has 0 saturated heterocycles. The Labute approximate surface area is 112 Å². The normalized spacial score (nSPS) is 11.1. The van der Waals surface area contributed by atoms with Gasteiger partial charge in [-0.15, -0.1) is 0 Å². The zero-order chi connectivity index (χ0) is 13.4. The number of aromatic amines is 1. The number of aromatic nitrogens is 2. The third kappa shape index (κ3) is 1.97. The summed E-state index contributed by atoms with van der Waals surface area (Å²) in [6, 6.07) is 12.3. The number of fused-ring (bicyclic) bond motifs is 1. The molecule has 0 aliphatic heterocycles. The summed E-state index contributed by atoms with van der Waals surface area (Å²) in [4.78, 5) is 7.99. The number of hydrogen-bond donors (Lipinski definition) is 2. The lowest BCUT2D eigenvalue weighted by Gasteiger charge is -2.04. The van der Waals surface area contributed by atoms with E-state index < -0.39 is 0 Å². The second kappa shape index (κ2) is 4.43. The molecule has 3 N–H and O–H groups in total. The Morgan fingerprint density at radius 1 is 1.21 bits per heavy atom. The zero-order valence-corrected chi connectivity index (χ0v) is 11.2. The molecule has 96 valence electrons. The van der Waals surface area contributed by atoms with Crippen molar-refractivity contribution in [3.05, 3.63) is 47.5 Å². The summed E-state index contributed by atoms with van der Waals surface area (Å²) in [6.07, 6.45) is 1.02. The minimum atomic E-state index is 0.789. The molecule has 2 aromatic carbocycles. The number of H-pyrrole nitrogens is 1. The van der Waals surface area contributed by atoms with E-state index in [4.69, 9.17) is 5.73 Å². The van der Waals surface area contributed by atoms with E-state index in [0.717, 1.165) is 40.1 Å². The first-order chi connectivity index (χ1) is 9.19. The number of benzene rings is 2. The molecule has 19 heavy (non-hydrogen) atoms. The highest BCUT2D eigenvalue weighted by atomic mass is 14.9. The van der Waals surface area contributed by atoms with E-state index in [1.165, 1.54) is 5.56 Å². The van der Waals surface area contributed by atoms with Gasteiger partial charge in [0.1, 0.15) is 5.82 Å². The van der Waals surface area contributed by atoms with Crippen LogP contribution in [0.3, 0.4) is 0 Å². The Kier molecular flexibility index (Phi) is 2.75. The van der Waals surface area contributed by atoms with Crippen LogP contribution in [-0.2, 0) is 6.42 Å². The quantitative estimate of drug-likeness (QED) is 0.682. The first kappa shape index (κ1) is 11.8.